The molecule has 0 atom stereocenters. The fraction of sp³-hybridized carbons (Fsp3) is 0.211. The lowest BCUT2D eigenvalue weighted by Gasteiger charge is -2.07. The minimum absolute atomic E-state index is 0.0259. The number of para-hydroxylation sites is 2. The largest absolute Gasteiger partial charge is 0.477 e. The zero-order chi connectivity index (χ0) is 20.8. The van der Waals surface area contributed by atoms with E-state index in [9.17, 15) is 19.7 Å². The number of nitrogens with zero attached hydrogens (tertiary/aromatic N) is 2. The Labute approximate surface area is 169 Å². The SMILES string of the molecule is CCCC(=O)Nc1nc2ccc(NC(=O)COc3ccccc3[N+](=O)[O-])cc2s1. The van der Waals surface area contributed by atoms with Crippen molar-refractivity contribution in [3.05, 3.63) is 52.6 Å². The molecule has 150 valence electrons. The van der Waals surface area contributed by atoms with Crippen LogP contribution in [0.15, 0.2) is 42.5 Å². The number of nitro benzene ring substituents is 1. The summed E-state index contributed by atoms with van der Waals surface area (Å²) in [7, 11) is 0. The number of fused-ring (bicyclic) bond motifs is 1. The molecule has 0 spiro atoms. The van der Waals surface area contributed by atoms with E-state index in [2.05, 4.69) is 15.6 Å². The van der Waals surface area contributed by atoms with Crippen molar-refractivity contribution in [2.24, 2.45) is 0 Å². The van der Waals surface area contributed by atoms with Gasteiger partial charge in [0.25, 0.3) is 5.91 Å². The van der Waals surface area contributed by atoms with Crippen molar-refractivity contribution in [2.75, 3.05) is 17.2 Å². The van der Waals surface area contributed by atoms with Crippen LogP contribution in [0.3, 0.4) is 0 Å². The summed E-state index contributed by atoms with van der Waals surface area (Å²) in [5, 5.41) is 16.9. The maximum absolute atomic E-state index is 12.2. The van der Waals surface area contributed by atoms with Gasteiger partial charge in [0, 0.05) is 18.2 Å². The number of amides is 2. The summed E-state index contributed by atoms with van der Waals surface area (Å²) >= 11 is 1.31. The van der Waals surface area contributed by atoms with Gasteiger partial charge >= 0.3 is 5.69 Å². The minimum Gasteiger partial charge on any atom is -0.477 e. The Kier molecular flexibility index (Phi) is 6.35. The molecule has 0 aliphatic rings. The van der Waals surface area contributed by atoms with Crippen molar-refractivity contribution in [3.8, 4) is 5.75 Å². The number of carbonyl (C=O) groups excluding carboxylic acids is 2. The Hall–Kier alpha value is -3.53. The van der Waals surface area contributed by atoms with E-state index in [1.54, 1.807) is 24.3 Å². The number of carbonyl (C=O) groups is 2. The molecule has 0 radical (unpaired) electrons. The summed E-state index contributed by atoms with van der Waals surface area (Å²) < 4.78 is 6.08. The van der Waals surface area contributed by atoms with Crippen molar-refractivity contribution in [3.63, 3.8) is 0 Å². The van der Waals surface area contributed by atoms with Crippen molar-refractivity contribution in [1.29, 1.82) is 0 Å². The number of ether oxygens (including phenoxy) is 1. The molecule has 10 heteroatoms. The Morgan fingerprint density at radius 2 is 1.97 bits per heavy atom. The predicted octanol–water partition coefficient (Wildman–Crippen LogP) is 3.96. The van der Waals surface area contributed by atoms with Crippen LogP contribution < -0.4 is 15.4 Å². The number of aromatic nitrogens is 1. The van der Waals surface area contributed by atoms with Crippen molar-refractivity contribution >= 4 is 49.9 Å². The molecule has 1 heterocycles. The lowest BCUT2D eigenvalue weighted by molar-refractivity contribution is -0.385. The Morgan fingerprint density at radius 1 is 1.17 bits per heavy atom. The highest BCUT2D eigenvalue weighted by atomic mass is 32.1. The van der Waals surface area contributed by atoms with Gasteiger partial charge in [0.1, 0.15) is 0 Å². The number of hydrogen-bond donors (Lipinski definition) is 2. The van der Waals surface area contributed by atoms with Gasteiger partial charge in [0.2, 0.25) is 5.91 Å². The highest BCUT2D eigenvalue weighted by Gasteiger charge is 2.15. The van der Waals surface area contributed by atoms with Gasteiger partial charge < -0.3 is 15.4 Å². The number of benzene rings is 2. The number of hydrogen-bond acceptors (Lipinski definition) is 7. The third kappa shape index (κ3) is 5.26. The molecule has 0 aliphatic carbocycles. The van der Waals surface area contributed by atoms with Crippen LogP contribution in [0.25, 0.3) is 10.2 Å². The van der Waals surface area contributed by atoms with Crippen LogP contribution in [0.1, 0.15) is 19.8 Å². The fourth-order valence-corrected chi connectivity index (χ4v) is 3.46. The highest BCUT2D eigenvalue weighted by molar-refractivity contribution is 7.22. The first-order valence-electron chi connectivity index (χ1n) is 8.82. The molecule has 1 aromatic heterocycles. The summed E-state index contributed by atoms with van der Waals surface area (Å²) in [5.74, 6) is -0.520. The van der Waals surface area contributed by atoms with Crippen molar-refractivity contribution in [1.82, 2.24) is 4.98 Å². The maximum Gasteiger partial charge on any atom is 0.310 e. The monoisotopic (exact) mass is 414 g/mol. The molecular formula is C19H18N4O5S. The molecule has 9 nitrogen and oxygen atoms in total. The van der Waals surface area contributed by atoms with Crippen molar-refractivity contribution < 1.29 is 19.2 Å². The fourth-order valence-electron chi connectivity index (χ4n) is 2.54. The number of nitro groups is 1. The van der Waals surface area contributed by atoms with Gasteiger partial charge in [-0.15, -0.1) is 0 Å². The van der Waals surface area contributed by atoms with Crippen LogP contribution in [-0.4, -0.2) is 28.3 Å². The predicted molar refractivity (Wildman–Crippen MR) is 110 cm³/mol. The van der Waals surface area contributed by atoms with E-state index in [1.165, 1.54) is 29.5 Å². The van der Waals surface area contributed by atoms with Crippen LogP contribution >= 0.6 is 11.3 Å². The molecule has 0 saturated carbocycles. The van der Waals surface area contributed by atoms with Gasteiger partial charge in [-0.05, 0) is 30.7 Å². The van der Waals surface area contributed by atoms with E-state index in [1.807, 2.05) is 6.92 Å². The van der Waals surface area contributed by atoms with Gasteiger partial charge in [-0.25, -0.2) is 4.98 Å². The number of rotatable bonds is 8. The van der Waals surface area contributed by atoms with E-state index < -0.39 is 10.8 Å². The topological polar surface area (TPSA) is 123 Å². The average Bonchev–Trinajstić information content (AvgIpc) is 3.08. The molecule has 0 bridgehead atoms. The third-order valence-corrected chi connectivity index (χ3v) is 4.75. The van der Waals surface area contributed by atoms with Crippen LogP contribution in [-0.2, 0) is 9.59 Å². The normalized spacial score (nSPS) is 10.5. The first-order valence-corrected chi connectivity index (χ1v) is 9.64. The smallest absolute Gasteiger partial charge is 0.310 e. The second-order valence-electron chi connectivity index (χ2n) is 6.06. The maximum atomic E-state index is 12.2. The Balaban J connectivity index is 1.63. The van der Waals surface area contributed by atoms with Crippen LogP contribution in [0.5, 0.6) is 5.75 Å². The number of thiazole rings is 1. The summed E-state index contributed by atoms with van der Waals surface area (Å²) in [6, 6.07) is 11.0. The molecule has 2 aromatic carbocycles. The summed E-state index contributed by atoms with van der Waals surface area (Å²) in [4.78, 5) is 38.6. The van der Waals surface area contributed by atoms with Crippen molar-refractivity contribution in [2.45, 2.75) is 19.8 Å². The average molecular weight is 414 g/mol. The second-order valence-corrected chi connectivity index (χ2v) is 7.09. The Bertz CT molecular complexity index is 1070. The van der Waals surface area contributed by atoms with Crippen LogP contribution in [0.2, 0.25) is 0 Å². The molecule has 0 unspecified atom stereocenters. The number of nitrogens with one attached hydrogen (secondary N) is 2. The first kappa shape index (κ1) is 20.2. The molecule has 29 heavy (non-hydrogen) atoms. The Morgan fingerprint density at radius 3 is 2.72 bits per heavy atom. The molecule has 0 saturated heterocycles. The molecule has 2 amide bonds. The van der Waals surface area contributed by atoms with Crippen LogP contribution in [0, 0.1) is 10.1 Å². The minimum atomic E-state index is -0.568. The molecule has 2 N–H and O–H groups in total. The van der Waals surface area contributed by atoms with Gasteiger partial charge in [0.15, 0.2) is 17.5 Å². The lowest BCUT2D eigenvalue weighted by atomic mass is 10.3. The van der Waals surface area contributed by atoms with E-state index in [-0.39, 0.29) is 24.0 Å². The zero-order valence-corrected chi connectivity index (χ0v) is 16.3. The lowest BCUT2D eigenvalue weighted by Crippen LogP contribution is -2.20. The zero-order valence-electron chi connectivity index (χ0n) is 15.5. The van der Waals surface area contributed by atoms with Gasteiger partial charge in [0.05, 0.1) is 15.1 Å². The first-order chi connectivity index (χ1) is 14.0. The van der Waals surface area contributed by atoms with Gasteiger partial charge in [-0.1, -0.05) is 30.4 Å². The van der Waals surface area contributed by atoms with Gasteiger partial charge in [-0.3, -0.25) is 19.7 Å². The quantitative estimate of drug-likeness (QED) is 0.425. The van der Waals surface area contributed by atoms with E-state index in [0.29, 0.717) is 22.8 Å². The van der Waals surface area contributed by atoms with E-state index >= 15 is 0 Å². The third-order valence-electron chi connectivity index (χ3n) is 3.82. The number of anilines is 2. The molecular weight excluding hydrogens is 396 g/mol. The summed E-state index contributed by atoms with van der Waals surface area (Å²) in [5.41, 5.74) is 1.03. The summed E-state index contributed by atoms with van der Waals surface area (Å²) in [6.07, 6.45) is 1.18. The summed E-state index contributed by atoms with van der Waals surface area (Å²) in [6.45, 7) is 1.55. The molecule has 0 fully saturated rings. The molecule has 0 aliphatic heterocycles. The van der Waals surface area contributed by atoms with Crippen LogP contribution in [0.4, 0.5) is 16.5 Å². The standard InChI is InChI=1S/C19H18N4O5S/c1-2-5-17(24)22-19-21-13-9-8-12(10-16(13)29-19)20-18(25)11-28-15-7-4-3-6-14(15)23(26)27/h3-4,6-10H,2,5,11H2,1H3,(H,20,25)(H,21,22,24). The highest BCUT2D eigenvalue weighted by Crippen LogP contribution is 2.29. The van der Waals surface area contributed by atoms with E-state index in [4.69, 9.17) is 4.74 Å². The van der Waals surface area contributed by atoms with E-state index in [0.717, 1.165) is 11.1 Å². The van der Waals surface area contributed by atoms with Gasteiger partial charge in [-0.2, -0.15) is 0 Å². The molecule has 3 aromatic rings. The molecule has 3 rings (SSSR count). The second kappa shape index (κ2) is 9.11.